The molecule has 82 valence electrons. The van der Waals surface area contributed by atoms with Crippen LogP contribution in [0.2, 0.25) is 0 Å². The number of hydrogen-bond acceptors (Lipinski definition) is 2. The highest BCUT2D eigenvalue weighted by molar-refractivity contribution is 9.10. The molecule has 0 fully saturated rings. The van der Waals surface area contributed by atoms with E-state index in [4.69, 9.17) is 4.74 Å². The van der Waals surface area contributed by atoms with E-state index in [1.54, 1.807) is 6.20 Å². The van der Waals surface area contributed by atoms with Gasteiger partial charge in [0.2, 0.25) is 5.88 Å². The zero-order valence-corrected chi connectivity index (χ0v) is 10.8. The van der Waals surface area contributed by atoms with Crippen molar-refractivity contribution in [2.75, 3.05) is 0 Å². The van der Waals surface area contributed by atoms with E-state index in [9.17, 15) is 0 Å². The van der Waals surface area contributed by atoms with Gasteiger partial charge in [-0.1, -0.05) is 6.07 Å². The fraction of sp³-hybridized carbons (Fsp3) is 0.154. The number of rotatable bonds is 2. The van der Waals surface area contributed by atoms with Crippen molar-refractivity contribution in [2.45, 2.75) is 13.8 Å². The highest BCUT2D eigenvalue weighted by Gasteiger charge is 2.03. The van der Waals surface area contributed by atoms with Crippen LogP contribution >= 0.6 is 15.9 Å². The van der Waals surface area contributed by atoms with E-state index in [1.807, 2.05) is 44.2 Å². The molecule has 0 aliphatic heterocycles. The first-order valence-corrected chi connectivity index (χ1v) is 5.81. The molecule has 2 rings (SSSR count). The third-order valence-electron chi connectivity index (χ3n) is 2.19. The topological polar surface area (TPSA) is 22.1 Å². The van der Waals surface area contributed by atoms with Crippen molar-refractivity contribution >= 4 is 15.9 Å². The zero-order valence-electron chi connectivity index (χ0n) is 9.20. The molecule has 1 aromatic heterocycles. The summed E-state index contributed by atoms with van der Waals surface area (Å²) >= 11 is 3.47. The molecule has 3 heteroatoms. The van der Waals surface area contributed by atoms with Crippen molar-refractivity contribution in [1.29, 1.82) is 0 Å². The zero-order chi connectivity index (χ0) is 11.5. The minimum atomic E-state index is 0.615. The lowest BCUT2D eigenvalue weighted by atomic mass is 10.2. The van der Waals surface area contributed by atoms with Crippen molar-refractivity contribution in [3.05, 3.63) is 52.1 Å². The molecule has 0 saturated heterocycles. The largest absolute Gasteiger partial charge is 0.438 e. The highest BCUT2D eigenvalue weighted by atomic mass is 79.9. The van der Waals surface area contributed by atoms with Gasteiger partial charge in [0.25, 0.3) is 0 Å². The van der Waals surface area contributed by atoms with Gasteiger partial charge in [-0.25, -0.2) is 4.98 Å². The molecule has 0 spiro atoms. The quantitative estimate of drug-likeness (QED) is 0.819. The summed E-state index contributed by atoms with van der Waals surface area (Å²) < 4.78 is 6.63. The second-order valence-electron chi connectivity index (χ2n) is 3.71. The minimum Gasteiger partial charge on any atom is -0.438 e. The van der Waals surface area contributed by atoms with Crippen molar-refractivity contribution in [1.82, 2.24) is 4.98 Å². The predicted octanol–water partition coefficient (Wildman–Crippen LogP) is 4.25. The van der Waals surface area contributed by atoms with Crippen LogP contribution in [-0.4, -0.2) is 4.98 Å². The van der Waals surface area contributed by atoms with E-state index in [1.165, 1.54) is 5.56 Å². The molecule has 1 aromatic carbocycles. The van der Waals surface area contributed by atoms with Gasteiger partial charge in [0.1, 0.15) is 5.75 Å². The standard InChI is InChI=1S/C13H12BrNO/c1-9-3-4-12(11(14)7-9)16-13-8-10(2)5-6-15-13/h3-8H,1-2H3. The molecule has 1 heterocycles. The van der Waals surface area contributed by atoms with E-state index in [0.29, 0.717) is 5.88 Å². The van der Waals surface area contributed by atoms with Crippen molar-refractivity contribution in [3.63, 3.8) is 0 Å². The van der Waals surface area contributed by atoms with Crippen molar-refractivity contribution in [2.24, 2.45) is 0 Å². The van der Waals surface area contributed by atoms with E-state index < -0.39 is 0 Å². The van der Waals surface area contributed by atoms with Crippen LogP contribution in [-0.2, 0) is 0 Å². The van der Waals surface area contributed by atoms with Gasteiger partial charge in [0, 0.05) is 12.3 Å². The lowest BCUT2D eigenvalue weighted by Crippen LogP contribution is -1.89. The van der Waals surface area contributed by atoms with Crippen molar-refractivity contribution in [3.8, 4) is 11.6 Å². The number of pyridine rings is 1. The van der Waals surface area contributed by atoms with Crippen LogP contribution in [0.1, 0.15) is 11.1 Å². The number of hydrogen-bond donors (Lipinski definition) is 0. The summed E-state index contributed by atoms with van der Waals surface area (Å²) in [5, 5.41) is 0. The third-order valence-corrected chi connectivity index (χ3v) is 2.81. The Kier molecular flexibility index (Phi) is 3.25. The monoisotopic (exact) mass is 277 g/mol. The summed E-state index contributed by atoms with van der Waals surface area (Å²) in [5.74, 6) is 1.40. The SMILES string of the molecule is Cc1ccnc(Oc2ccc(C)cc2Br)c1. The maximum atomic E-state index is 5.69. The van der Waals surface area contributed by atoms with Gasteiger partial charge in [-0.05, 0) is 59.1 Å². The average molecular weight is 278 g/mol. The first kappa shape index (κ1) is 11.1. The Hall–Kier alpha value is -1.35. The molecule has 2 nitrogen and oxygen atoms in total. The smallest absolute Gasteiger partial charge is 0.219 e. The minimum absolute atomic E-state index is 0.615. The van der Waals surface area contributed by atoms with E-state index in [2.05, 4.69) is 20.9 Å². The number of aromatic nitrogens is 1. The van der Waals surface area contributed by atoms with Crippen molar-refractivity contribution < 1.29 is 4.74 Å². The van der Waals surface area contributed by atoms with Crippen LogP contribution in [0, 0.1) is 13.8 Å². The molecule has 0 unspecified atom stereocenters. The Balaban J connectivity index is 2.27. The van der Waals surface area contributed by atoms with Crippen LogP contribution in [0.5, 0.6) is 11.6 Å². The van der Waals surface area contributed by atoms with Gasteiger partial charge in [-0.15, -0.1) is 0 Å². The summed E-state index contributed by atoms with van der Waals surface area (Å²) in [6, 6.07) is 9.81. The molecule has 16 heavy (non-hydrogen) atoms. The molecule has 0 amide bonds. The molecular weight excluding hydrogens is 266 g/mol. The second kappa shape index (κ2) is 4.66. The lowest BCUT2D eigenvalue weighted by molar-refractivity contribution is 0.459. The third kappa shape index (κ3) is 2.61. The number of benzene rings is 1. The maximum Gasteiger partial charge on any atom is 0.219 e. The molecule has 0 bridgehead atoms. The Morgan fingerprint density at radius 3 is 2.50 bits per heavy atom. The highest BCUT2D eigenvalue weighted by Crippen LogP contribution is 2.29. The summed E-state index contributed by atoms with van der Waals surface area (Å²) in [4.78, 5) is 4.16. The Labute approximate surface area is 103 Å². The molecule has 2 aromatic rings. The van der Waals surface area contributed by atoms with Crippen LogP contribution < -0.4 is 4.74 Å². The first-order chi connectivity index (χ1) is 7.65. The number of ether oxygens (including phenoxy) is 1. The normalized spacial score (nSPS) is 10.2. The molecular formula is C13H12BrNO. The lowest BCUT2D eigenvalue weighted by Gasteiger charge is -2.07. The fourth-order valence-electron chi connectivity index (χ4n) is 1.37. The first-order valence-electron chi connectivity index (χ1n) is 5.02. The van der Waals surface area contributed by atoms with Crippen LogP contribution in [0.25, 0.3) is 0 Å². The Morgan fingerprint density at radius 1 is 1.06 bits per heavy atom. The van der Waals surface area contributed by atoms with Gasteiger partial charge in [0.05, 0.1) is 4.47 Å². The molecule has 0 saturated carbocycles. The van der Waals surface area contributed by atoms with Crippen LogP contribution in [0.3, 0.4) is 0 Å². The van der Waals surface area contributed by atoms with Gasteiger partial charge in [-0.3, -0.25) is 0 Å². The Bertz CT molecular complexity index is 511. The molecule has 0 atom stereocenters. The Morgan fingerprint density at radius 2 is 1.81 bits per heavy atom. The van der Waals surface area contributed by atoms with E-state index in [0.717, 1.165) is 15.8 Å². The molecule has 0 aliphatic carbocycles. The number of halogens is 1. The van der Waals surface area contributed by atoms with Gasteiger partial charge < -0.3 is 4.74 Å². The van der Waals surface area contributed by atoms with E-state index >= 15 is 0 Å². The van der Waals surface area contributed by atoms with E-state index in [-0.39, 0.29) is 0 Å². The van der Waals surface area contributed by atoms with Gasteiger partial charge in [-0.2, -0.15) is 0 Å². The summed E-state index contributed by atoms with van der Waals surface area (Å²) in [6.07, 6.45) is 1.74. The number of aryl methyl sites for hydroxylation is 2. The van der Waals surface area contributed by atoms with Gasteiger partial charge >= 0.3 is 0 Å². The van der Waals surface area contributed by atoms with Gasteiger partial charge in [0.15, 0.2) is 0 Å². The average Bonchev–Trinajstić information content (AvgIpc) is 2.22. The summed E-state index contributed by atoms with van der Waals surface area (Å²) in [5.41, 5.74) is 2.32. The molecule has 0 radical (unpaired) electrons. The van der Waals surface area contributed by atoms with Crippen LogP contribution in [0.4, 0.5) is 0 Å². The summed E-state index contributed by atoms with van der Waals surface area (Å²) in [7, 11) is 0. The number of nitrogens with zero attached hydrogens (tertiary/aromatic N) is 1. The summed E-state index contributed by atoms with van der Waals surface area (Å²) in [6.45, 7) is 4.05. The molecule has 0 aliphatic rings. The van der Waals surface area contributed by atoms with Crippen LogP contribution in [0.15, 0.2) is 41.0 Å². The predicted molar refractivity (Wildman–Crippen MR) is 67.9 cm³/mol. The molecule has 0 N–H and O–H groups in total. The fourth-order valence-corrected chi connectivity index (χ4v) is 1.94. The maximum absolute atomic E-state index is 5.69. The second-order valence-corrected chi connectivity index (χ2v) is 4.56.